The van der Waals surface area contributed by atoms with Crippen molar-refractivity contribution in [1.82, 2.24) is 40.4 Å². The van der Waals surface area contributed by atoms with Crippen LogP contribution >= 0.6 is 0 Å². The van der Waals surface area contributed by atoms with Crippen molar-refractivity contribution in [1.29, 1.82) is 0 Å². The Bertz CT molecular complexity index is 2260. The summed E-state index contributed by atoms with van der Waals surface area (Å²) in [7, 11) is 2.67. The predicted molar refractivity (Wildman–Crippen MR) is 263 cm³/mol. The van der Waals surface area contributed by atoms with Gasteiger partial charge in [0.25, 0.3) is 0 Å². The van der Waals surface area contributed by atoms with Crippen molar-refractivity contribution in [3.8, 4) is 0 Å². The van der Waals surface area contributed by atoms with E-state index in [-0.39, 0.29) is 64.9 Å². The van der Waals surface area contributed by atoms with E-state index in [1.165, 1.54) is 89.6 Å². The van der Waals surface area contributed by atoms with Gasteiger partial charge in [0.2, 0.25) is 11.8 Å². The van der Waals surface area contributed by atoms with E-state index in [0.29, 0.717) is 23.7 Å². The van der Waals surface area contributed by atoms with Gasteiger partial charge in [-0.3, -0.25) is 9.59 Å². The van der Waals surface area contributed by atoms with Crippen LogP contribution in [0.2, 0.25) is 0 Å². The van der Waals surface area contributed by atoms with Gasteiger partial charge in [0.15, 0.2) is 0 Å². The molecule has 4 amide bonds. The van der Waals surface area contributed by atoms with E-state index < -0.39 is 24.3 Å². The van der Waals surface area contributed by atoms with E-state index in [1.54, 1.807) is 0 Å². The third-order valence-electron chi connectivity index (χ3n) is 16.8. The van der Waals surface area contributed by atoms with Crippen LogP contribution in [0.5, 0.6) is 0 Å². The van der Waals surface area contributed by atoms with Gasteiger partial charge in [-0.15, -0.1) is 0 Å². The number of aromatic amines is 2. The molecule has 4 N–H and O–H groups in total. The summed E-state index contributed by atoms with van der Waals surface area (Å²) in [6.07, 6.45) is 20.1. The van der Waals surface area contributed by atoms with Crippen LogP contribution in [0.4, 0.5) is 9.59 Å². The molecule has 2 saturated heterocycles. The predicted octanol–water partition coefficient (Wildman–Crippen LogP) is 10.9. The Morgan fingerprint density at radius 1 is 0.565 bits per heavy atom. The second kappa shape index (κ2) is 22.2. The number of H-pyrrole nitrogens is 2. The monoisotopic (exact) mass is 989 g/mol. The first-order chi connectivity index (χ1) is 32.9. The zero-order valence-electron chi connectivity index (χ0n) is 41.7. The van der Waals surface area contributed by atoms with Crippen LogP contribution in [0.25, 0.3) is 22.1 Å². The van der Waals surface area contributed by atoms with Crippen LogP contribution in [0.3, 0.4) is 0 Å². The average Bonchev–Trinajstić information content (AvgIpc) is 4.21. The number of methoxy groups -OCH3 is 2. The number of ether oxygens (including phenoxy) is 2. The van der Waals surface area contributed by atoms with Crippen LogP contribution in [0.1, 0.15) is 190 Å². The van der Waals surface area contributed by atoms with Crippen molar-refractivity contribution in [3.63, 3.8) is 0 Å². The third kappa shape index (κ3) is 10.7. The van der Waals surface area contributed by atoms with Crippen LogP contribution in [-0.4, -0.2) is 92.1 Å². The second-order valence-corrected chi connectivity index (χ2v) is 21.7. The number of alkyl carbamates (subject to hydrolysis) is 2. The quantitative estimate of drug-likeness (QED) is 0.114. The van der Waals surface area contributed by atoms with Crippen molar-refractivity contribution >= 4 is 46.1 Å². The molecule has 4 aromatic rings. The molecule has 4 saturated carbocycles. The number of nitrogens with one attached hydrogen (secondary N) is 4. The molecule has 6 fully saturated rings. The summed E-state index contributed by atoms with van der Waals surface area (Å²) in [6.45, 7) is 7.86. The first-order valence-electron chi connectivity index (χ1n) is 26.2. The summed E-state index contributed by atoms with van der Waals surface area (Å²) in [5.74, 6) is 3.90. The molecule has 2 aromatic carbocycles. The van der Waals surface area contributed by atoms with Crippen LogP contribution in [0.15, 0.2) is 36.4 Å². The first kappa shape index (κ1) is 50.8. The number of carbonyl (C=O) groups is 4. The van der Waals surface area contributed by atoms with Gasteiger partial charge in [-0.1, -0.05) is 91.2 Å². The number of hydrogen-bond acceptors (Lipinski definition) is 8. The van der Waals surface area contributed by atoms with Crippen LogP contribution in [-0.2, 0) is 36.1 Å². The van der Waals surface area contributed by atoms with Gasteiger partial charge in [-0.25, -0.2) is 19.6 Å². The molecule has 8 atom stereocenters. The zero-order valence-corrected chi connectivity index (χ0v) is 42.8. The molecule has 15 heteroatoms. The molecule has 6 aliphatic rings. The topological polar surface area (TPSA) is 175 Å². The molecule has 376 valence electrons. The van der Waals surface area contributed by atoms with Crippen LogP contribution < -0.4 is 10.6 Å². The fourth-order valence-corrected chi connectivity index (χ4v) is 13.2. The van der Waals surface area contributed by atoms with Crippen molar-refractivity contribution in [2.45, 2.75) is 191 Å². The number of hydrogen-bond donors (Lipinski definition) is 4. The molecule has 0 bridgehead atoms. The number of likely N-dealkylation sites (tertiary alicyclic amines) is 2. The third-order valence-corrected chi connectivity index (χ3v) is 16.8. The number of nitrogens with zero attached hydrogens (tertiary/aromatic N) is 4. The second-order valence-electron chi connectivity index (χ2n) is 21.7. The van der Waals surface area contributed by atoms with E-state index in [2.05, 4.69) is 66.8 Å². The van der Waals surface area contributed by atoms with Gasteiger partial charge < -0.3 is 39.9 Å². The number of fused-ring (bicyclic) bond motifs is 4. The molecule has 10 rings (SSSR count). The summed E-state index contributed by atoms with van der Waals surface area (Å²) in [6, 6.07) is 12.3. The minimum atomic E-state index is -0.617. The van der Waals surface area contributed by atoms with Gasteiger partial charge in [0.1, 0.15) is 23.7 Å². The molecule has 0 spiro atoms. The Hall–Kier alpha value is -4.62. The summed E-state index contributed by atoms with van der Waals surface area (Å²) in [5.41, 5.74) is 6.86. The van der Waals surface area contributed by atoms with E-state index in [1.807, 2.05) is 27.7 Å². The zero-order chi connectivity index (χ0) is 47.6. The van der Waals surface area contributed by atoms with Gasteiger partial charge in [0, 0.05) is 29.2 Å². The number of aromatic nitrogens is 4. The van der Waals surface area contributed by atoms with Gasteiger partial charge in [0.05, 0.1) is 48.4 Å². The fourth-order valence-electron chi connectivity index (χ4n) is 13.2. The van der Waals surface area contributed by atoms with Crippen molar-refractivity contribution in [2.75, 3.05) is 14.2 Å². The summed E-state index contributed by atoms with van der Waals surface area (Å²) in [5, 5.41) is 5.59. The van der Waals surface area contributed by atoms with Gasteiger partial charge in [-0.05, 0) is 135 Å². The van der Waals surface area contributed by atoms with Gasteiger partial charge >= 0.3 is 12.2 Å². The maximum Gasteiger partial charge on any atom is 0.407 e. The van der Waals surface area contributed by atoms with E-state index >= 15 is 0 Å². The smallest absolute Gasteiger partial charge is 0.407 e. The maximum atomic E-state index is 13.9. The summed E-state index contributed by atoms with van der Waals surface area (Å²) in [4.78, 5) is 73.2. The number of imidazole rings is 2. The fraction of sp³-hybridized carbons (Fsp3) is 0.667. The minimum Gasteiger partial charge on any atom is -0.453 e. The molecule has 2 aliphatic heterocycles. The summed E-state index contributed by atoms with van der Waals surface area (Å²) >= 11 is 0. The number of benzene rings is 2. The Kier molecular flexibility index (Phi) is 16.3. The SMILES string of the molecule is COC(=O)NC(C(=O)N1C(c2nc3ccc(C4CCCC4)cc3[nH]2)CC2CCCCC21)C(C)C.COC(=O)NC(C(=O)N1C(c2nc3ccc(C4CCCC4)cc3[nH]2)CC2CCCCC21)C(C)C.[Fe]. The van der Waals surface area contributed by atoms with Crippen molar-refractivity contribution in [3.05, 3.63) is 59.2 Å². The minimum absolute atomic E-state index is 0. The van der Waals surface area contributed by atoms with Crippen molar-refractivity contribution < 1.29 is 45.7 Å². The standard InChI is InChI=1S/2C27H38N4O3.Fe/c2*1-16(2)24(30-27(33)34-3)26(32)31-22-11-7-6-10-19(22)15-23(31)25-28-20-13-12-18(14-21(20)29-25)17-8-4-5-9-17;/h2*12-14,16-17,19,22-24H,4-11,15H2,1-3H3,(H,28,29)(H,30,33);. The molecular weight excluding hydrogens is 912 g/mol. The molecule has 69 heavy (non-hydrogen) atoms. The number of carbonyl (C=O) groups excluding carboxylic acids is 4. The van der Waals surface area contributed by atoms with Crippen molar-refractivity contribution in [2.24, 2.45) is 23.7 Å². The molecule has 2 aromatic heterocycles. The Morgan fingerprint density at radius 3 is 1.29 bits per heavy atom. The molecule has 8 unspecified atom stereocenters. The molecule has 4 heterocycles. The molecule has 14 nitrogen and oxygen atoms in total. The molecular formula is C54H76FeN8O6. The van der Waals surface area contributed by atoms with Gasteiger partial charge in [-0.2, -0.15) is 0 Å². The largest absolute Gasteiger partial charge is 0.453 e. The molecule has 0 radical (unpaired) electrons. The normalized spacial score (nSPS) is 25.7. The Labute approximate surface area is 418 Å². The van der Waals surface area contributed by atoms with E-state index in [9.17, 15) is 19.2 Å². The van der Waals surface area contributed by atoms with E-state index in [0.717, 1.165) is 85.1 Å². The molecule has 4 aliphatic carbocycles. The maximum absolute atomic E-state index is 13.9. The number of amides is 4. The number of rotatable bonds is 10. The van der Waals surface area contributed by atoms with E-state index in [4.69, 9.17) is 19.4 Å². The summed E-state index contributed by atoms with van der Waals surface area (Å²) < 4.78 is 9.63. The first-order valence-corrected chi connectivity index (χ1v) is 26.2. The Morgan fingerprint density at radius 2 is 0.928 bits per heavy atom. The average molecular weight is 989 g/mol. The Balaban J connectivity index is 0.000000183. The van der Waals surface area contributed by atoms with Crippen LogP contribution in [0, 0.1) is 23.7 Å².